The van der Waals surface area contributed by atoms with E-state index in [1.165, 1.54) is 6.20 Å². The van der Waals surface area contributed by atoms with Crippen LogP contribution in [0.2, 0.25) is 5.02 Å². The fourth-order valence-corrected chi connectivity index (χ4v) is 2.04. The lowest BCUT2D eigenvalue weighted by atomic mass is 9.99. The molecule has 0 saturated carbocycles. The lowest BCUT2D eigenvalue weighted by Gasteiger charge is -2.12. The zero-order valence-electron chi connectivity index (χ0n) is 10.6. The van der Waals surface area contributed by atoms with E-state index in [-0.39, 0.29) is 0 Å². The summed E-state index contributed by atoms with van der Waals surface area (Å²) in [7, 11) is 1.56. The third-order valence-corrected chi connectivity index (χ3v) is 2.99. The summed E-state index contributed by atoms with van der Waals surface area (Å²) in [4.78, 5) is 15.6. The number of nitrogens with two attached hydrogens (primary N) is 1. The van der Waals surface area contributed by atoms with Gasteiger partial charge < -0.3 is 10.5 Å². The van der Waals surface area contributed by atoms with Crippen LogP contribution in [-0.4, -0.2) is 18.0 Å². The van der Waals surface area contributed by atoms with Gasteiger partial charge in [-0.2, -0.15) is 0 Å². The average Bonchev–Trinajstić information content (AvgIpc) is 2.38. The lowest BCUT2D eigenvalue weighted by Crippen LogP contribution is -2.13. The highest BCUT2D eigenvalue weighted by atomic mass is 35.5. The number of hydrogen-bond donors (Lipinski definition) is 1. The molecule has 0 aliphatic rings. The first-order chi connectivity index (χ1) is 9.02. The molecular formula is C14H13ClN2O2. The van der Waals surface area contributed by atoms with Gasteiger partial charge in [-0.15, -0.1) is 0 Å². The number of aromatic nitrogens is 1. The zero-order chi connectivity index (χ0) is 14.0. The molecule has 2 aromatic rings. The standard InChI is InChI=1S/C14H13ClN2O2/c1-8-5-10(12(7-17-8)14(16)18)11-6-9(15)3-4-13(11)19-2/h3-7H,1-2H3,(H2,16,18). The summed E-state index contributed by atoms with van der Waals surface area (Å²) in [6, 6.07) is 7.00. The van der Waals surface area contributed by atoms with Gasteiger partial charge in [0.05, 0.1) is 12.7 Å². The van der Waals surface area contributed by atoms with Crippen molar-refractivity contribution in [1.29, 1.82) is 0 Å². The first kappa shape index (κ1) is 13.4. The van der Waals surface area contributed by atoms with Crippen LogP contribution in [0.3, 0.4) is 0 Å². The van der Waals surface area contributed by atoms with Crippen LogP contribution >= 0.6 is 11.6 Å². The number of hydrogen-bond acceptors (Lipinski definition) is 3. The minimum absolute atomic E-state index is 0.339. The highest BCUT2D eigenvalue weighted by Crippen LogP contribution is 2.34. The molecule has 1 amide bonds. The number of nitrogens with zero attached hydrogens (tertiary/aromatic N) is 1. The molecular weight excluding hydrogens is 264 g/mol. The summed E-state index contributed by atoms with van der Waals surface area (Å²) in [6.45, 7) is 1.84. The number of halogens is 1. The zero-order valence-corrected chi connectivity index (χ0v) is 11.4. The number of rotatable bonds is 3. The smallest absolute Gasteiger partial charge is 0.250 e. The van der Waals surface area contributed by atoms with Gasteiger partial charge in [0, 0.05) is 28.0 Å². The van der Waals surface area contributed by atoms with E-state index in [0.29, 0.717) is 27.5 Å². The molecule has 2 N–H and O–H groups in total. The van der Waals surface area contributed by atoms with Crippen molar-refractivity contribution in [2.45, 2.75) is 6.92 Å². The summed E-state index contributed by atoms with van der Waals surface area (Å²) < 4.78 is 5.30. The summed E-state index contributed by atoms with van der Waals surface area (Å²) in [5.74, 6) is 0.0852. The van der Waals surface area contributed by atoms with E-state index in [4.69, 9.17) is 22.1 Å². The fourth-order valence-electron chi connectivity index (χ4n) is 1.87. The third kappa shape index (κ3) is 2.69. The molecule has 4 nitrogen and oxygen atoms in total. The normalized spacial score (nSPS) is 10.3. The van der Waals surface area contributed by atoms with Crippen molar-refractivity contribution < 1.29 is 9.53 Å². The molecule has 0 fully saturated rings. The van der Waals surface area contributed by atoms with Crippen LogP contribution in [0, 0.1) is 6.92 Å². The van der Waals surface area contributed by atoms with Crippen LogP contribution in [0.5, 0.6) is 5.75 Å². The van der Waals surface area contributed by atoms with Crippen LogP contribution in [0.4, 0.5) is 0 Å². The van der Waals surface area contributed by atoms with Crippen LogP contribution in [0.25, 0.3) is 11.1 Å². The topological polar surface area (TPSA) is 65.2 Å². The van der Waals surface area contributed by atoms with Gasteiger partial charge in [0.15, 0.2) is 0 Å². The Kier molecular flexibility index (Phi) is 3.71. The number of pyridine rings is 1. The molecule has 0 spiro atoms. The first-order valence-corrected chi connectivity index (χ1v) is 6.01. The maximum absolute atomic E-state index is 11.5. The molecule has 0 bridgehead atoms. The van der Waals surface area contributed by atoms with Gasteiger partial charge >= 0.3 is 0 Å². The average molecular weight is 277 g/mol. The number of aryl methyl sites for hydroxylation is 1. The Labute approximate surface area is 116 Å². The molecule has 1 heterocycles. The molecule has 0 aliphatic carbocycles. The van der Waals surface area contributed by atoms with E-state index in [9.17, 15) is 4.79 Å². The van der Waals surface area contributed by atoms with Gasteiger partial charge in [-0.05, 0) is 31.2 Å². The molecule has 0 unspecified atom stereocenters. The quantitative estimate of drug-likeness (QED) is 0.937. The Hall–Kier alpha value is -2.07. The monoisotopic (exact) mass is 276 g/mol. The van der Waals surface area contributed by atoms with E-state index < -0.39 is 5.91 Å². The molecule has 0 saturated heterocycles. The van der Waals surface area contributed by atoms with Gasteiger partial charge in [-0.25, -0.2) is 0 Å². The van der Waals surface area contributed by atoms with Gasteiger partial charge in [0.25, 0.3) is 5.91 Å². The molecule has 0 atom stereocenters. The Balaban J connectivity index is 2.73. The van der Waals surface area contributed by atoms with E-state index in [0.717, 1.165) is 5.69 Å². The number of benzene rings is 1. The number of primary amides is 1. The second-order valence-corrected chi connectivity index (χ2v) is 4.52. The van der Waals surface area contributed by atoms with Crippen LogP contribution in [0.15, 0.2) is 30.5 Å². The second-order valence-electron chi connectivity index (χ2n) is 4.08. The Morgan fingerprint density at radius 2 is 2.05 bits per heavy atom. The first-order valence-electron chi connectivity index (χ1n) is 5.63. The van der Waals surface area contributed by atoms with Crippen molar-refractivity contribution in [2.75, 3.05) is 7.11 Å². The van der Waals surface area contributed by atoms with Crippen molar-refractivity contribution >= 4 is 17.5 Å². The minimum atomic E-state index is -0.537. The summed E-state index contributed by atoms with van der Waals surface area (Å²) >= 11 is 6.01. The molecule has 19 heavy (non-hydrogen) atoms. The Morgan fingerprint density at radius 3 is 2.68 bits per heavy atom. The SMILES string of the molecule is COc1ccc(Cl)cc1-c1cc(C)ncc1C(N)=O. The van der Waals surface area contributed by atoms with Crippen molar-refractivity contribution in [3.63, 3.8) is 0 Å². The summed E-state index contributed by atoms with van der Waals surface area (Å²) in [6.07, 6.45) is 1.47. The summed E-state index contributed by atoms with van der Waals surface area (Å²) in [5, 5.41) is 0.556. The second kappa shape index (κ2) is 5.28. The number of ether oxygens (including phenoxy) is 1. The number of methoxy groups -OCH3 is 1. The molecule has 1 aromatic heterocycles. The number of carbonyl (C=O) groups is 1. The van der Waals surface area contributed by atoms with Gasteiger partial charge in [-0.1, -0.05) is 11.6 Å². The van der Waals surface area contributed by atoms with E-state index in [1.807, 2.05) is 6.92 Å². The maximum atomic E-state index is 11.5. The predicted molar refractivity (Wildman–Crippen MR) is 74.5 cm³/mol. The Morgan fingerprint density at radius 1 is 1.32 bits per heavy atom. The van der Waals surface area contributed by atoms with Crippen molar-refractivity contribution in [3.05, 3.63) is 46.7 Å². The van der Waals surface area contributed by atoms with E-state index in [2.05, 4.69) is 4.98 Å². The Bertz CT molecular complexity index is 641. The molecule has 0 radical (unpaired) electrons. The molecule has 98 valence electrons. The molecule has 0 aliphatic heterocycles. The lowest BCUT2D eigenvalue weighted by molar-refractivity contribution is 0.100. The van der Waals surface area contributed by atoms with Crippen molar-refractivity contribution in [3.8, 4) is 16.9 Å². The third-order valence-electron chi connectivity index (χ3n) is 2.76. The highest BCUT2D eigenvalue weighted by Gasteiger charge is 2.15. The fraction of sp³-hybridized carbons (Fsp3) is 0.143. The van der Waals surface area contributed by atoms with Crippen molar-refractivity contribution in [2.24, 2.45) is 5.73 Å². The molecule has 1 aromatic carbocycles. The van der Waals surface area contributed by atoms with E-state index in [1.54, 1.807) is 31.4 Å². The van der Waals surface area contributed by atoms with E-state index >= 15 is 0 Å². The van der Waals surface area contributed by atoms with Gasteiger partial charge in [0.1, 0.15) is 5.75 Å². The van der Waals surface area contributed by atoms with Crippen LogP contribution < -0.4 is 10.5 Å². The minimum Gasteiger partial charge on any atom is -0.496 e. The maximum Gasteiger partial charge on any atom is 0.250 e. The largest absolute Gasteiger partial charge is 0.496 e. The number of amides is 1. The highest BCUT2D eigenvalue weighted by molar-refractivity contribution is 6.31. The molecule has 5 heteroatoms. The number of carbonyl (C=O) groups excluding carboxylic acids is 1. The molecule has 2 rings (SSSR count). The van der Waals surface area contributed by atoms with Crippen LogP contribution in [-0.2, 0) is 0 Å². The van der Waals surface area contributed by atoms with Gasteiger partial charge in [0.2, 0.25) is 0 Å². The van der Waals surface area contributed by atoms with Gasteiger partial charge in [-0.3, -0.25) is 9.78 Å². The van der Waals surface area contributed by atoms with Crippen LogP contribution in [0.1, 0.15) is 16.1 Å². The summed E-state index contributed by atoms with van der Waals surface area (Å²) in [5.41, 5.74) is 7.88. The predicted octanol–water partition coefficient (Wildman–Crippen LogP) is 2.82. The van der Waals surface area contributed by atoms with Crippen molar-refractivity contribution in [1.82, 2.24) is 4.98 Å².